The third-order valence-corrected chi connectivity index (χ3v) is 10.6. The van der Waals surface area contributed by atoms with Crippen LogP contribution in [-0.2, 0) is 68.9 Å². The summed E-state index contributed by atoms with van der Waals surface area (Å²) in [5.74, 6) is 0. The van der Waals surface area contributed by atoms with Gasteiger partial charge in [-0.25, -0.2) is 0 Å². The van der Waals surface area contributed by atoms with E-state index in [4.69, 9.17) is 68.9 Å². The molecule has 0 aliphatic heterocycles. The predicted octanol–water partition coefficient (Wildman–Crippen LogP) is 2.22. The van der Waals surface area contributed by atoms with Gasteiger partial charge in [-0.05, 0) is 39.3 Å². The summed E-state index contributed by atoms with van der Waals surface area (Å²) in [5, 5.41) is 0. The van der Waals surface area contributed by atoms with Gasteiger partial charge < -0.3 is 68.9 Å². The number of methoxy groups -OCH3 is 3. The van der Waals surface area contributed by atoms with Crippen molar-refractivity contribution in [3.05, 3.63) is 0 Å². The van der Waals surface area contributed by atoms with E-state index in [1.165, 1.54) is 0 Å². The molecule has 0 bridgehead atoms. The molecule has 0 rings (SSSR count). The summed E-state index contributed by atoms with van der Waals surface area (Å²) >= 11 is 0. The Balaban J connectivity index is 4.83. The minimum absolute atomic E-state index is 0.359. The van der Waals surface area contributed by atoms with Crippen molar-refractivity contribution in [1.82, 2.24) is 0 Å². The van der Waals surface area contributed by atoms with E-state index >= 15 is 0 Å². The lowest BCUT2D eigenvalue weighted by molar-refractivity contribution is 0.0136. The molecule has 0 aliphatic rings. The van der Waals surface area contributed by atoms with Crippen LogP contribution >= 0.6 is 0 Å². The summed E-state index contributed by atoms with van der Waals surface area (Å²) in [6, 6.07) is 0. The maximum atomic E-state index is 6.34. The number of ether oxygens (including phenoxy) is 9. The molecule has 0 aromatic heterocycles. The Morgan fingerprint density at radius 1 is 0.304 bits per heavy atom. The lowest BCUT2D eigenvalue weighted by atomic mass is 10.3. The third kappa shape index (κ3) is 31.4. The minimum Gasteiger partial charge on any atom is -0.408 e. The van der Waals surface area contributed by atoms with Crippen LogP contribution in [0.1, 0.15) is 0 Å². The van der Waals surface area contributed by atoms with Gasteiger partial charge in [-0.3, -0.25) is 0 Å². The Kier molecular flexibility index (Phi) is 30.1. The van der Waals surface area contributed by atoms with Gasteiger partial charge in [-0.1, -0.05) is 0 Å². The smallest absolute Gasteiger partial charge is 0.408 e. The van der Waals surface area contributed by atoms with E-state index < -0.39 is 33.0 Å². The van der Waals surface area contributed by atoms with Gasteiger partial charge in [-0.15, -0.1) is 0 Å². The van der Waals surface area contributed by atoms with E-state index in [2.05, 4.69) is 0 Å². The third-order valence-electron chi connectivity index (χ3n) is 5.58. The second-order valence-corrected chi connectivity index (χ2v) is 21.0. The largest absolute Gasteiger partial charge is 0.611 e. The molecule has 0 unspecified atom stereocenters. The van der Waals surface area contributed by atoms with E-state index in [1.54, 1.807) is 21.3 Å². The lowest BCUT2D eigenvalue weighted by Gasteiger charge is -2.34. The van der Waals surface area contributed by atoms with Gasteiger partial charge >= 0.3 is 33.0 Å². The summed E-state index contributed by atoms with van der Waals surface area (Å²) in [5.41, 5.74) is 0. The summed E-state index contributed by atoms with van der Waals surface area (Å²) in [7, 11) is -4.28. The van der Waals surface area contributed by atoms with Crippen molar-refractivity contribution in [2.75, 3.05) is 140 Å². The fourth-order valence-electron chi connectivity index (χ4n) is 3.30. The lowest BCUT2D eigenvalue weighted by Crippen LogP contribution is -2.54. The Bertz CT molecular complexity index is 586. The molecule has 0 atom stereocenters. The summed E-state index contributed by atoms with van der Waals surface area (Å²) < 4.78 is 85.2. The second-order valence-electron chi connectivity index (χ2n) is 11.0. The molecule has 46 heavy (non-hydrogen) atoms. The van der Waals surface area contributed by atoms with Crippen molar-refractivity contribution in [2.24, 2.45) is 0 Å². The molecule has 0 N–H and O–H groups in total. The highest BCUT2D eigenvalue weighted by Crippen LogP contribution is 2.19. The maximum absolute atomic E-state index is 6.34. The molecule has 19 heteroatoms. The SMILES string of the molecule is COCCOCCOCCO[Si](C)(C)OB(O[Si](C)(C)OCCOCCOCCOC)O[Si](C)(C)OCCOCCOCCOC. The molecule has 0 fully saturated rings. The maximum Gasteiger partial charge on any atom is 0.611 e. The average Bonchev–Trinajstić information content (AvgIpc) is 2.97. The van der Waals surface area contributed by atoms with Crippen LogP contribution < -0.4 is 0 Å². The van der Waals surface area contributed by atoms with Crippen LogP contribution in [-0.4, -0.2) is 173 Å². The zero-order chi connectivity index (χ0) is 34.4. The van der Waals surface area contributed by atoms with Crippen molar-refractivity contribution in [2.45, 2.75) is 39.3 Å². The zero-order valence-electron chi connectivity index (χ0n) is 29.9. The molecule has 0 aliphatic carbocycles. The molecule has 0 aromatic carbocycles. The first-order chi connectivity index (χ1) is 22.0. The fourth-order valence-corrected chi connectivity index (χ4v) is 7.20. The van der Waals surface area contributed by atoms with E-state index in [1.807, 2.05) is 39.3 Å². The van der Waals surface area contributed by atoms with E-state index in [9.17, 15) is 0 Å². The van der Waals surface area contributed by atoms with Gasteiger partial charge in [0.05, 0.1) is 119 Å². The molecule has 0 spiro atoms. The summed E-state index contributed by atoms with van der Waals surface area (Å²) in [6.07, 6.45) is 0. The summed E-state index contributed by atoms with van der Waals surface area (Å²) in [6.45, 7) is 20.0. The molecule has 0 saturated carbocycles. The first kappa shape index (κ1) is 46.1. The molecule has 0 saturated heterocycles. The number of hydrogen-bond acceptors (Lipinski definition) is 15. The van der Waals surface area contributed by atoms with Crippen molar-refractivity contribution in [1.29, 1.82) is 0 Å². The highest BCUT2D eigenvalue weighted by atomic mass is 28.4. The highest BCUT2D eigenvalue weighted by molar-refractivity contribution is 6.79. The van der Waals surface area contributed by atoms with E-state index in [-0.39, 0.29) is 0 Å². The van der Waals surface area contributed by atoms with Crippen LogP contribution in [0.15, 0.2) is 0 Å². The van der Waals surface area contributed by atoms with Gasteiger partial charge in [0.1, 0.15) is 0 Å². The molecule has 276 valence electrons. The zero-order valence-corrected chi connectivity index (χ0v) is 32.9. The van der Waals surface area contributed by atoms with Crippen molar-refractivity contribution >= 4 is 33.0 Å². The van der Waals surface area contributed by atoms with Crippen LogP contribution in [0, 0.1) is 0 Å². The molecule has 0 aromatic rings. The van der Waals surface area contributed by atoms with Crippen LogP contribution in [0.5, 0.6) is 0 Å². The first-order valence-corrected chi connectivity index (χ1v) is 24.3. The average molecular weight is 723 g/mol. The predicted molar refractivity (Wildman–Crippen MR) is 180 cm³/mol. The number of rotatable bonds is 36. The Morgan fingerprint density at radius 3 is 0.717 bits per heavy atom. The van der Waals surface area contributed by atoms with Gasteiger partial charge in [0.15, 0.2) is 0 Å². The fraction of sp³-hybridized carbons (Fsp3) is 1.00. The highest BCUT2D eigenvalue weighted by Gasteiger charge is 2.44. The normalized spacial score (nSPS) is 12.7. The Labute approximate surface area is 281 Å². The van der Waals surface area contributed by atoms with Crippen molar-refractivity contribution < 1.29 is 68.9 Å². The summed E-state index contributed by atoms with van der Waals surface area (Å²) in [4.78, 5) is 0. The van der Waals surface area contributed by atoms with Gasteiger partial charge in [-0.2, -0.15) is 0 Å². The molecule has 15 nitrogen and oxygen atoms in total. The van der Waals surface area contributed by atoms with Crippen molar-refractivity contribution in [3.63, 3.8) is 0 Å². The second kappa shape index (κ2) is 30.0. The van der Waals surface area contributed by atoms with Gasteiger partial charge in [0.2, 0.25) is 0 Å². The van der Waals surface area contributed by atoms with E-state index in [0.29, 0.717) is 119 Å². The Hall–Kier alpha value is 0.116. The first-order valence-electron chi connectivity index (χ1n) is 15.9. The molecular formula is C27H63BO15Si3. The molecule has 0 amide bonds. The van der Waals surface area contributed by atoms with Gasteiger partial charge in [0.25, 0.3) is 0 Å². The Morgan fingerprint density at radius 2 is 0.500 bits per heavy atom. The van der Waals surface area contributed by atoms with Crippen LogP contribution in [0.3, 0.4) is 0 Å². The van der Waals surface area contributed by atoms with Crippen LogP contribution in [0.25, 0.3) is 0 Å². The molecular weight excluding hydrogens is 659 g/mol. The van der Waals surface area contributed by atoms with Gasteiger partial charge in [0, 0.05) is 21.3 Å². The molecule has 0 heterocycles. The van der Waals surface area contributed by atoms with E-state index in [0.717, 1.165) is 0 Å². The molecule has 0 radical (unpaired) electrons. The quantitative estimate of drug-likeness (QED) is 0.0690. The van der Waals surface area contributed by atoms with Crippen molar-refractivity contribution in [3.8, 4) is 0 Å². The van der Waals surface area contributed by atoms with Crippen LogP contribution in [0.4, 0.5) is 0 Å². The minimum atomic E-state index is -2.72. The topological polar surface area (TPSA) is 138 Å². The number of hydrogen-bond donors (Lipinski definition) is 0. The monoisotopic (exact) mass is 722 g/mol. The standard InChI is InChI=1S/C27H63BO15Si3/c1-29-10-13-32-16-19-35-22-25-38-44(4,5)41-28(42-45(6,7)39-26-23-36-20-17-33-14-11-30-2)43-46(8,9)40-27-24-37-21-18-34-15-12-31-3/h10-27H2,1-9H3. The van der Waals surface area contributed by atoms with Crippen LogP contribution in [0.2, 0.25) is 39.3 Å².